The number of benzene rings is 3. The number of hydrogen-bond donors (Lipinski definition) is 0. The van der Waals surface area contributed by atoms with Crippen LogP contribution < -0.4 is 10.6 Å². The molecule has 8 heteroatoms. The van der Waals surface area contributed by atoms with Crippen molar-refractivity contribution in [1.82, 2.24) is 9.78 Å². The second kappa shape index (κ2) is 16.5. The van der Waals surface area contributed by atoms with E-state index in [-0.39, 0.29) is 54.1 Å². The SMILES string of the molecule is C[C@H]([C]1[CH][CH][CH][C]1P(c1ccccc1)c1ccccc1)n1ccc(-c2cccc([N+](=O)[O-])c2)n1.[CH]1[CH][CH][CH][CH]1.[Fe].[Pd]. The molecule has 1 aromatic heterocycles. The molecule has 5 nitrogen and oxygen atoms in total. The third-order valence-electron chi connectivity index (χ3n) is 6.46. The molecule has 41 heavy (non-hydrogen) atoms. The minimum absolute atomic E-state index is 0. The fourth-order valence-electron chi connectivity index (χ4n) is 4.51. The van der Waals surface area contributed by atoms with Crippen molar-refractivity contribution in [2.45, 2.75) is 13.0 Å². The van der Waals surface area contributed by atoms with Gasteiger partial charge in [0.05, 0.1) is 16.7 Å². The van der Waals surface area contributed by atoms with Crippen molar-refractivity contribution >= 4 is 24.2 Å². The fourth-order valence-corrected chi connectivity index (χ4v) is 7.06. The Hall–Kier alpha value is -2.12. The van der Waals surface area contributed by atoms with Crippen molar-refractivity contribution in [2.75, 3.05) is 0 Å². The van der Waals surface area contributed by atoms with Gasteiger partial charge in [0.25, 0.3) is 5.69 Å². The first-order chi connectivity index (χ1) is 19.1. The number of nitro groups is 1. The molecule has 2 fully saturated rings. The molecule has 0 saturated heterocycles. The van der Waals surface area contributed by atoms with Crippen LogP contribution in [-0.2, 0) is 37.5 Å². The van der Waals surface area contributed by atoms with Crippen molar-refractivity contribution in [3.05, 3.63) is 170 Å². The zero-order valence-corrected chi connectivity index (χ0v) is 25.8. The maximum atomic E-state index is 11.2. The van der Waals surface area contributed by atoms with Gasteiger partial charge in [-0.3, -0.25) is 14.8 Å². The van der Waals surface area contributed by atoms with E-state index >= 15 is 0 Å². The summed E-state index contributed by atoms with van der Waals surface area (Å²) in [5, 5.41) is 18.6. The van der Waals surface area contributed by atoms with Crippen molar-refractivity contribution in [2.24, 2.45) is 0 Å². The van der Waals surface area contributed by atoms with Crippen LogP contribution in [-0.4, -0.2) is 14.7 Å². The third kappa shape index (κ3) is 8.47. The summed E-state index contributed by atoms with van der Waals surface area (Å²) in [6, 6.07) is 29.8. The molecular formula is C33H28FeN3O2PPd. The summed E-state index contributed by atoms with van der Waals surface area (Å²) in [5.74, 6) is 1.23. The number of aromatic nitrogens is 2. The van der Waals surface area contributed by atoms with Crippen molar-refractivity contribution in [3.8, 4) is 11.3 Å². The number of rotatable bonds is 7. The Morgan fingerprint density at radius 2 is 1.37 bits per heavy atom. The van der Waals surface area contributed by atoms with Crippen molar-refractivity contribution < 1.29 is 42.4 Å². The molecule has 4 aromatic rings. The number of nitrogens with zero attached hydrogens (tertiary/aromatic N) is 3. The molecule has 2 aliphatic carbocycles. The van der Waals surface area contributed by atoms with Gasteiger partial charge in [-0.05, 0) is 82.9 Å². The van der Waals surface area contributed by atoms with E-state index in [1.807, 2.05) is 55.1 Å². The van der Waals surface area contributed by atoms with Crippen molar-refractivity contribution in [3.63, 3.8) is 0 Å². The molecule has 0 aliphatic heterocycles. The molecule has 2 saturated carbocycles. The summed E-state index contributed by atoms with van der Waals surface area (Å²) in [6.07, 6.45) is 18.5. The smallest absolute Gasteiger partial charge is 0.269 e. The average molecular weight is 692 g/mol. The van der Waals surface area contributed by atoms with E-state index < -0.39 is 7.92 Å². The zero-order chi connectivity index (χ0) is 27.0. The Kier molecular flexibility index (Phi) is 13.4. The van der Waals surface area contributed by atoms with Gasteiger partial charge < -0.3 is 0 Å². The van der Waals surface area contributed by atoms with Gasteiger partial charge in [0.2, 0.25) is 0 Å². The Morgan fingerprint density at radius 3 is 1.93 bits per heavy atom. The molecule has 0 N–H and O–H groups in total. The molecule has 2 aliphatic rings. The van der Waals surface area contributed by atoms with E-state index in [4.69, 9.17) is 5.10 Å². The molecule has 0 spiro atoms. The number of non-ortho nitro benzene ring substituents is 1. The Morgan fingerprint density at radius 1 is 0.780 bits per heavy atom. The van der Waals surface area contributed by atoms with Gasteiger partial charge in [0.1, 0.15) is 0 Å². The van der Waals surface area contributed by atoms with Gasteiger partial charge in [-0.2, -0.15) is 5.10 Å². The maximum Gasteiger partial charge on any atom is 0.270 e. The molecule has 10 radical (unpaired) electrons. The first kappa shape index (κ1) is 33.4. The number of nitro benzene ring substituents is 1. The van der Waals surface area contributed by atoms with E-state index in [1.165, 1.54) is 28.3 Å². The first-order valence-electron chi connectivity index (χ1n) is 12.7. The summed E-state index contributed by atoms with van der Waals surface area (Å²) in [4.78, 5) is 10.8. The summed E-state index contributed by atoms with van der Waals surface area (Å²) >= 11 is 0. The van der Waals surface area contributed by atoms with E-state index in [0.29, 0.717) is 0 Å². The van der Waals surface area contributed by atoms with Gasteiger partial charge >= 0.3 is 0 Å². The predicted molar refractivity (Wildman–Crippen MR) is 159 cm³/mol. The van der Waals surface area contributed by atoms with Gasteiger partial charge in [-0.1, -0.05) is 72.8 Å². The molecule has 6 rings (SSSR count). The normalized spacial score (nSPS) is 15.9. The largest absolute Gasteiger partial charge is 0.270 e. The molecule has 0 unspecified atom stereocenters. The maximum absolute atomic E-state index is 11.2. The Balaban J connectivity index is 0.000000599. The summed E-state index contributed by atoms with van der Waals surface area (Å²) in [6.45, 7) is 2.15. The van der Waals surface area contributed by atoms with Crippen LogP contribution in [0.3, 0.4) is 0 Å². The first-order valence-corrected chi connectivity index (χ1v) is 14.1. The molecule has 1 atom stereocenters. The predicted octanol–water partition coefficient (Wildman–Crippen LogP) is 6.90. The molecule has 3 aromatic carbocycles. The fraction of sp³-hybridized carbons (Fsp3) is 0.0606. The summed E-state index contributed by atoms with van der Waals surface area (Å²) in [5.41, 5.74) is 2.83. The zero-order valence-electron chi connectivity index (χ0n) is 22.2. The van der Waals surface area contributed by atoms with Crippen LogP contribution in [0.5, 0.6) is 0 Å². The summed E-state index contributed by atoms with van der Waals surface area (Å²) in [7, 11) is -0.717. The minimum atomic E-state index is -0.717. The van der Waals surface area contributed by atoms with Crippen molar-refractivity contribution in [1.29, 1.82) is 0 Å². The topological polar surface area (TPSA) is 61.0 Å². The van der Waals surface area contributed by atoms with E-state index in [2.05, 4.69) is 86.8 Å². The monoisotopic (exact) mass is 691 g/mol. The minimum Gasteiger partial charge on any atom is -0.269 e. The van der Waals surface area contributed by atoms with E-state index in [1.54, 1.807) is 12.1 Å². The van der Waals surface area contributed by atoms with Crippen LogP contribution in [0.1, 0.15) is 13.0 Å². The molecule has 210 valence electrons. The molecule has 0 amide bonds. The second-order valence-corrected chi connectivity index (χ2v) is 11.2. The van der Waals surface area contributed by atoms with Gasteiger partial charge in [0, 0.05) is 73.0 Å². The molecule has 0 bridgehead atoms. The van der Waals surface area contributed by atoms with Crippen LogP contribution in [0, 0.1) is 73.1 Å². The number of hydrogen-bond acceptors (Lipinski definition) is 3. The third-order valence-corrected chi connectivity index (χ3v) is 8.98. The van der Waals surface area contributed by atoms with Crippen LogP contribution in [0.4, 0.5) is 5.69 Å². The summed E-state index contributed by atoms with van der Waals surface area (Å²) < 4.78 is 1.94. The van der Waals surface area contributed by atoms with Crippen LogP contribution >= 0.6 is 7.92 Å². The van der Waals surface area contributed by atoms with Gasteiger partial charge in [-0.25, -0.2) is 0 Å². The quantitative estimate of drug-likeness (QED) is 0.0918. The van der Waals surface area contributed by atoms with Gasteiger partial charge in [-0.15, -0.1) is 0 Å². The standard InChI is InChI=1S/C28H23N3O2P.C5H5.Fe.Pd/c1-21(30-19-18-27(29-30)22-10-8-11-23(20-22)31(32)33)26-16-9-17-28(26)34(24-12-4-2-5-13-24)25-14-6-3-7-15-25;1-2-4-5-3-1;;/h2-21H,1H3;1-5H;;/t21-;;;/m1.../s1. The average Bonchev–Trinajstić information content (AvgIpc) is 3.78. The molecular weight excluding hydrogens is 664 g/mol. The Bertz CT molecular complexity index is 1300. The van der Waals surface area contributed by atoms with Crippen LogP contribution in [0.2, 0.25) is 0 Å². The molecule has 1 heterocycles. The van der Waals surface area contributed by atoms with E-state index in [0.717, 1.165) is 11.3 Å². The second-order valence-electron chi connectivity index (χ2n) is 9.00. The van der Waals surface area contributed by atoms with Crippen LogP contribution in [0.25, 0.3) is 11.3 Å². The van der Waals surface area contributed by atoms with Crippen LogP contribution in [0.15, 0.2) is 97.2 Å². The van der Waals surface area contributed by atoms with E-state index in [9.17, 15) is 10.1 Å². The van der Waals surface area contributed by atoms with Gasteiger partial charge in [0.15, 0.2) is 0 Å². The Labute approximate surface area is 269 Å².